The predicted octanol–water partition coefficient (Wildman–Crippen LogP) is 3.30. The van der Waals surface area contributed by atoms with E-state index in [-0.39, 0.29) is 30.2 Å². The number of nitrogens with zero attached hydrogens (tertiary/aromatic N) is 3. The standard InChI is InChI=1S/C21H17N3O4S2/c22-11-15-6-7-17-16(10-15)18(25)23(13-29-17)8-9-28-20-19(26)24(21(27)30-20)12-14-4-2-1-3-5-14/h1-7,10,20H,8-9,12-13H2. The van der Waals surface area contributed by atoms with E-state index in [0.29, 0.717) is 23.5 Å². The number of carbonyl (C=O) groups is 3. The summed E-state index contributed by atoms with van der Waals surface area (Å²) in [5.41, 5.74) is 0.907. The van der Waals surface area contributed by atoms with Crippen LogP contribution in [0.5, 0.6) is 0 Å². The highest BCUT2D eigenvalue weighted by molar-refractivity contribution is 8.15. The van der Waals surface area contributed by atoms with Crippen LogP contribution in [0.3, 0.4) is 0 Å². The molecule has 0 N–H and O–H groups in total. The van der Waals surface area contributed by atoms with E-state index >= 15 is 0 Å². The highest BCUT2D eigenvalue weighted by Gasteiger charge is 2.40. The molecule has 3 amide bonds. The van der Waals surface area contributed by atoms with E-state index in [9.17, 15) is 14.4 Å². The van der Waals surface area contributed by atoms with Gasteiger partial charge in [-0.05, 0) is 35.5 Å². The predicted molar refractivity (Wildman–Crippen MR) is 113 cm³/mol. The molecular weight excluding hydrogens is 422 g/mol. The van der Waals surface area contributed by atoms with Crippen LogP contribution < -0.4 is 0 Å². The number of benzene rings is 2. The average molecular weight is 440 g/mol. The van der Waals surface area contributed by atoms with Gasteiger partial charge in [0.25, 0.3) is 17.1 Å². The van der Waals surface area contributed by atoms with E-state index in [1.807, 2.05) is 36.4 Å². The molecule has 0 spiro atoms. The van der Waals surface area contributed by atoms with Crippen LogP contribution in [-0.2, 0) is 16.1 Å². The minimum Gasteiger partial charge on any atom is -0.355 e. The Morgan fingerprint density at radius 2 is 1.93 bits per heavy atom. The van der Waals surface area contributed by atoms with Crippen LogP contribution in [0, 0.1) is 11.3 Å². The van der Waals surface area contributed by atoms with E-state index in [2.05, 4.69) is 0 Å². The maximum absolute atomic E-state index is 12.7. The van der Waals surface area contributed by atoms with Crippen LogP contribution in [0.25, 0.3) is 0 Å². The first-order valence-corrected chi connectivity index (χ1v) is 11.1. The molecule has 2 aromatic rings. The summed E-state index contributed by atoms with van der Waals surface area (Å²) < 4.78 is 5.63. The molecule has 0 bridgehead atoms. The topological polar surface area (TPSA) is 90.7 Å². The second-order valence-corrected chi connectivity index (χ2v) is 8.66. The van der Waals surface area contributed by atoms with Crippen molar-refractivity contribution in [1.29, 1.82) is 5.26 Å². The van der Waals surface area contributed by atoms with Crippen molar-refractivity contribution in [3.63, 3.8) is 0 Å². The number of nitriles is 1. The molecule has 1 fully saturated rings. The lowest BCUT2D eigenvalue weighted by atomic mass is 10.1. The summed E-state index contributed by atoms with van der Waals surface area (Å²) in [5, 5.41) is 8.71. The molecular formula is C21H17N3O4S2. The van der Waals surface area contributed by atoms with Crippen molar-refractivity contribution < 1.29 is 19.1 Å². The van der Waals surface area contributed by atoms with Crippen LogP contribution >= 0.6 is 23.5 Å². The highest BCUT2D eigenvalue weighted by atomic mass is 32.2. The number of fused-ring (bicyclic) bond motifs is 1. The third-order valence-corrected chi connectivity index (χ3v) is 6.79. The molecule has 152 valence electrons. The zero-order chi connectivity index (χ0) is 21.1. The van der Waals surface area contributed by atoms with Gasteiger partial charge in [0.05, 0.1) is 36.2 Å². The highest BCUT2D eigenvalue weighted by Crippen LogP contribution is 2.32. The Bertz CT molecular complexity index is 1040. The Morgan fingerprint density at radius 1 is 1.13 bits per heavy atom. The normalized spacial score (nSPS) is 18.5. The monoisotopic (exact) mass is 439 g/mol. The molecule has 0 radical (unpaired) electrons. The molecule has 2 aliphatic rings. The molecule has 2 heterocycles. The van der Waals surface area contributed by atoms with Crippen molar-refractivity contribution in [3.05, 3.63) is 65.2 Å². The average Bonchev–Trinajstić information content (AvgIpc) is 3.03. The zero-order valence-corrected chi connectivity index (χ0v) is 17.4. The maximum Gasteiger partial charge on any atom is 0.291 e. The van der Waals surface area contributed by atoms with Gasteiger partial charge in [-0.2, -0.15) is 5.26 Å². The van der Waals surface area contributed by atoms with Gasteiger partial charge in [0.2, 0.25) is 0 Å². The largest absolute Gasteiger partial charge is 0.355 e. The molecule has 0 aromatic heterocycles. The van der Waals surface area contributed by atoms with E-state index in [1.165, 1.54) is 16.7 Å². The minimum atomic E-state index is -0.897. The molecule has 9 heteroatoms. The summed E-state index contributed by atoms with van der Waals surface area (Å²) in [5.74, 6) is -0.0832. The lowest BCUT2D eigenvalue weighted by molar-refractivity contribution is -0.134. The number of amides is 3. The number of ether oxygens (including phenoxy) is 1. The molecule has 2 aromatic carbocycles. The fourth-order valence-corrected chi connectivity index (χ4v) is 5.01. The van der Waals surface area contributed by atoms with Crippen LogP contribution in [0.2, 0.25) is 0 Å². The number of hydrogen-bond acceptors (Lipinski definition) is 7. The van der Waals surface area contributed by atoms with Gasteiger partial charge in [0, 0.05) is 11.4 Å². The Hall–Kier alpha value is -2.80. The Labute approximate surface area is 182 Å². The maximum atomic E-state index is 12.7. The van der Waals surface area contributed by atoms with E-state index < -0.39 is 5.44 Å². The molecule has 2 aliphatic heterocycles. The second kappa shape index (κ2) is 8.92. The van der Waals surface area contributed by atoms with Crippen molar-refractivity contribution in [3.8, 4) is 6.07 Å². The van der Waals surface area contributed by atoms with E-state index in [1.54, 1.807) is 23.1 Å². The molecule has 1 saturated heterocycles. The van der Waals surface area contributed by atoms with Crippen LogP contribution in [0.1, 0.15) is 21.5 Å². The Morgan fingerprint density at radius 3 is 2.70 bits per heavy atom. The lowest BCUT2D eigenvalue weighted by Gasteiger charge is -2.28. The van der Waals surface area contributed by atoms with E-state index in [0.717, 1.165) is 22.2 Å². The molecule has 7 nitrogen and oxygen atoms in total. The van der Waals surface area contributed by atoms with E-state index in [4.69, 9.17) is 10.00 Å². The number of rotatable bonds is 6. The van der Waals surface area contributed by atoms with Crippen molar-refractivity contribution in [2.45, 2.75) is 16.9 Å². The fraction of sp³-hybridized carbons (Fsp3) is 0.238. The van der Waals surface area contributed by atoms with Crippen LogP contribution in [0.15, 0.2) is 53.4 Å². The Balaban J connectivity index is 1.32. The van der Waals surface area contributed by atoms with Gasteiger partial charge in [0.15, 0.2) is 5.44 Å². The van der Waals surface area contributed by atoms with Crippen LogP contribution in [-0.4, -0.2) is 51.3 Å². The smallest absolute Gasteiger partial charge is 0.291 e. The van der Waals surface area contributed by atoms with Crippen molar-refractivity contribution in [2.75, 3.05) is 19.0 Å². The quantitative estimate of drug-likeness (QED) is 0.682. The third-order valence-electron chi connectivity index (χ3n) is 4.71. The first-order valence-electron chi connectivity index (χ1n) is 9.20. The fourth-order valence-electron chi connectivity index (χ4n) is 3.14. The molecule has 0 saturated carbocycles. The summed E-state index contributed by atoms with van der Waals surface area (Å²) in [7, 11) is 0. The number of hydrogen-bond donors (Lipinski definition) is 0. The summed E-state index contributed by atoms with van der Waals surface area (Å²) in [6.45, 7) is 0.638. The second-order valence-electron chi connectivity index (χ2n) is 6.66. The molecule has 30 heavy (non-hydrogen) atoms. The first-order chi connectivity index (χ1) is 14.6. The zero-order valence-electron chi connectivity index (χ0n) is 15.8. The van der Waals surface area contributed by atoms with Gasteiger partial charge < -0.3 is 9.64 Å². The van der Waals surface area contributed by atoms with Gasteiger partial charge >= 0.3 is 0 Å². The van der Waals surface area contributed by atoms with Crippen molar-refractivity contribution in [1.82, 2.24) is 9.80 Å². The minimum absolute atomic E-state index is 0.134. The molecule has 0 aliphatic carbocycles. The number of carbonyl (C=O) groups excluding carboxylic acids is 3. The van der Waals surface area contributed by atoms with Gasteiger partial charge in [-0.3, -0.25) is 19.3 Å². The molecule has 4 rings (SSSR count). The summed E-state index contributed by atoms with van der Waals surface area (Å²) in [4.78, 5) is 41.1. The summed E-state index contributed by atoms with van der Waals surface area (Å²) in [6, 6.07) is 16.4. The Kier molecular flexibility index (Phi) is 6.08. The number of imide groups is 1. The lowest BCUT2D eigenvalue weighted by Crippen LogP contribution is -2.38. The van der Waals surface area contributed by atoms with Crippen molar-refractivity contribution >= 4 is 40.6 Å². The molecule has 1 atom stereocenters. The van der Waals surface area contributed by atoms with Gasteiger partial charge in [-0.1, -0.05) is 30.3 Å². The van der Waals surface area contributed by atoms with Gasteiger partial charge in [-0.25, -0.2) is 0 Å². The third kappa shape index (κ3) is 4.21. The molecule has 1 unspecified atom stereocenters. The first kappa shape index (κ1) is 20.5. The SMILES string of the molecule is N#Cc1ccc2c(c1)C(=O)N(CCOC1SC(=O)N(Cc3ccccc3)C1=O)CS2. The van der Waals surface area contributed by atoms with Crippen LogP contribution in [0.4, 0.5) is 4.79 Å². The van der Waals surface area contributed by atoms with Gasteiger partial charge in [-0.15, -0.1) is 11.8 Å². The summed E-state index contributed by atoms with van der Waals surface area (Å²) in [6.07, 6.45) is 0. The number of thioether (sulfide) groups is 2. The summed E-state index contributed by atoms with van der Waals surface area (Å²) >= 11 is 2.36. The van der Waals surface area contributed by atoms with Gasteiger partial charge in [0.1, 0.15) is 0 Å². The van der Waals surface area contributed by atoms with Crippen molar-refractivity contribution in [2.24, 2.45) is 0 Å².